The summed E-state index contributed by atoms with van der Waals surface area (Å²) in [4.78, 5) is 7.92. The molecule has 0 aromatic heterocycles. The predicted octanol–water partition coefficient (Wildman–Crippen LogP) is 1.50. The Morgan fingerprint density at radius 2 is 1.50 bits per heavy atom. The number of rotatable bonds is 4. The summed E-state index contributed by atoms with van der Waals surface area (Å²) in [7, 11) is 2.25. The molecule has 0 unspecified atom stereocenters. The number of likely N-dealkylation sites (N-methyl/N-ethyl adjacent to an activating group) is 1. The van der Waals surface area contributed by atoms with Gasteiger partial charge in [-0.05, 0) is 51.9 Å². The van der Waals surface area contributed by atoms with Crippen molar-refractivity contribution in [3.05, 3.63) is 0 Å². The fourth-order valence-electron chi connectivity index (χ4n) is 3.47. The van der Waals surface area contributed by atoms with Gasteiger partial charge in [0.25, 0.3) is 0 Å². The van der Waals surface area contributed by atoms with Crippen LogP contribution in [-0.4, -0.2) is 73.6 Å². The van der Waals surface area contributed by atoms with E-state index in [9.17, 15) is 0 Å². The third-order valence-electron chi connectivity index (χ3n) is 5.16. The summed E-state index contributed by atoms with van der Waals surface area (Å²) in [5.74, 6) is 1.10. The summed E-state index contributed by atoms with van der Waals surface area (Å²) in [6.45, 7) is 9.20. The first kappa shape index (κ1) is 12.9. The van der Waals surface area contributed by atoms with Gasteiger partial charge in [-0.15, -0.1) is 0 Å². The lowest BCUT2D eigenvalue weighted by Gasteiger charge is -2.42. The fraction of sp³-hybridized carbons (Fsp3) is 1.00. The van der Waals surface area contributed by atoms with Crippen molar-refractivity contribution < 1.29 is 0 Å². The maximum absolute atomic E-state index is 2.75. The van der Waals surface area contributed by atoms with Crippen molar-refractivity contribution in [2.45, 2.75) is 38.1 Å². The van der Waals surface area contributed by atoms with Crippen molar-refractivity contribution in [1.82, 2.24) is 14.7 Å². The van der Waals surface area contributed by atoms with Gasteiger partial charge in [0.1, 0.15) is 0 Å². The number of hydrogen-bond acceptors (Lipinski definition) is 3. The molecule has 0 bridgehead atoms. The number of piperazine rings is 1. The van der Waals surface area contributed by atoms with Gasteiger partial charge >= 0.3 is 0 Å². The van der Waals surface area contributed by atoms with Gasteiger partial charge in [0.15, 0.2) is 0 Å². The third-order valence-corrected chi connectivity index (χ3v) is 5.16. The molecule has 2 aliphatic heterocycles. The maximum Gasteiger partial charge on any atom is 0.0121 e. The molecule has 2 saturated heterocycles. The summed E-state index contributed by atoms with van der Waals surface area (Å²) in [5.41, 5.74) is 0. The molecule has 3 nitrogen and oxygen atoms in total. The van der Waals surface area contributed by atoms with Crippen LogP contribution in [0.3, 0.4) is 0 Å². The van der Waals surface area contributed by atoms with Crippen molar-refractivity contribution in [3.63, 3.8) is 0 Å². The minimum atomic E-state index is 0.885. The van der Waals surface area contributed by atoms with Crippen LogP contribution in [0.25, 0.3) is 0 Å². The van der Waals surface area contributed by atoms with Gasteiger partial charge < -0.3 is 9.80 Å². The van der Waals surface area contributed by atoms with Crippen molar-refractivity contribution in [3.8, 4) is 0 Å². The number of nitrogens with zero attached hydrogens (tertiary/aromatic N) is 3. The lowest BCUT2D eigenvalue weighted by molar-refractivity contribution is 0.0671. The standard InChI is InChI=1S/C15H29N3/c1-16-10-12-18(13-11-16)15-5-8-17(9-6-15)7-4-14-2-3-14/h14-15H,2-13H2,1H3. The molecular formula is C15H29N3. The van der Waals surface area contributed by atoms with E-state index in [-0.39, 0.29) is 0 Å². The van der Waals surface area contributed by atoms with Crippen LogP contribution in [-0.2, 0) is 0 Å². The Balaban J connectivity index is 1.36. The van der Waals surface area contributed by atoms with E-state index in [4.69, 9.17) is 0 Å². The predicted molar refractivity (Wildman–Crippen MR) is 75.9 cm³/mol. The first-order chi connectivity index (χ1) is 8.81. The fourth-order valence-corrected chi connectivity index (χ4v) is 3.47. The van der Waals surface area contributed by atoms with Gasteiger partial charge in [-0.1, -0.05) is 12.8 Å². The number of piperidine rings is 1. The Kier molecular flexibility index (Phi) is 4.22. The molecule has 0 atom stereocenters. The van der Waals surface area contributed by atoms with E-state index in [1.807, 2.05) is 0 Å². The highest BCUT2D eigenvalue weighted by atomic mass is 15.3. The van der Waals surface area contributed by atoms with Crippen LogP contribution >= 0.6 is 0 Å². The summed E-state index contributed by atoms with van der Waals surface area (Å²) in [6.07, 6.45) is 7.32. The SMILES string of the molecule is CN1CCN(C2CCN(CCC3CC3)CC2)CC1. The van der Waals surface area contributed by atoms with Crippen LogP contribution in [0.1, 0.15) is 32.1 Å². The minimum absolute atomic E-state index is 0.885. The van der Waals surface area contributed by atoms with E-state index in [1.165, 1.54) is 77.9 Å². The van der Waals surface area contributed by atoms with Crippen LogP contribution in [0, 0.1) is 5.92 Å². The molecule has 0 spiro atoms. The molecule has 2 heterocycles. The quantitative estimate of drug-likeness (QED) is 0.750. The van der Waals surface area contributed by atoms with Crippen LogP contribution in [0.4, 0.5) is 0 Å². The Morgan fingerprint density at radius 1 is 0.833 bits per heavy atom. The molecular weight excluding hydrogens is 222 g/mol. The average molecular weight is 251 g/mol. The number of likely N-dealkylation sites (tertiary alicyclic amines) is 1. The molecule has 0 amide bonds. The maximum atomic E-state index is 2.75. The Morgan fingerprint density at radius 3 is 2.11 bits per heavy atom. The molecule has 0 radical (unpaired) electrons. The topological polar surface area (TPSA) is 9.72 Å². The van der Waals surface area contributed by atoms with Crippen molar-refractivity contribution in [2.24, 2.45) is 5.92 Å². The Bertz CT molecular complexity index is 248. The van der Waals surface area contributed by atoms with Crippen molar-refractivity contribution in [1.29, 1.82) is 0 Å². The zero-order chi connectivity index (χ0) is 12.4. The third kappa shape index (κ3) is 3.46. The molecule has 0 aromatic rings. The smallest absolute Gasteiger partial charge is 0.0121 e. The van der Waals surface area contributed by atoms with Gasteiger partial charge in [-0.25, -0.2) is 0 Å². The first-order valence-electron chi connectivity index (χ1n) is 7.96. The van der Waals surface area contributed by atoms with E-state index in [0.717, 1.165) is 12.0 Å². The van der Waals surface area contributed by atoms with Gasteiger partial charge in [-0.2, -0.15) is 0 Å². The monoisotopic (exact) mass is 251 g/mol. The number of hydrogen-bond donors (Lipinski definition) is 0. The van der Waals surface area contributed by atoms with Crippen LogP contribution < -0.4 is 0 Å². The molecule has 0 aromatic carbocycles. The second-order valence-corrected chi connectivity index (χ2v) is 6.64. The average Bonchev–Trinajstić information content (AvgIpc) is 3.22. The molecule has 3 heteroatoms. The largest absolute Gasteiger partial charge is 0.304 e. The van der Waals surface area contributed by atoms with E-state index in [1.54, 1.807) is 0 Å². The molecule has 18 heavy (non-hydrogen) atoms. The van der Waals surface area contributed by atoms with Crippen LogP contribution in [0.2, 0.25) is 0 Å². The molecule has 1 aliphatic carbocycles. The highest BCUT2D eigenvalue weighted by Crippen LogP contribution is 2.32. The van der Waals surface area contributed by atoms with E-state index in [2.05, 4.69) is 21.7 Å². The van der Waals surface area contributed by atoms with E-state index < -0.39 is 0 Å². The summed E-state index contributed by atoms with van der Waals surface area (Å²) >= 11 is 0. The lowest BCUT2D eigenvalue weighted by atomic mass is 10.0. The molecule has 3 aliphatic rings. The highest BCUT2D eigenvalue weighted by molar-refractivity contribution is 4.83. The van der Waals surface area contributed by atoms with E-state index in [0.29, 0.717) is 0 Å². The molecule has 3 rings (SSSR count). The first-order valence-corrected chi connectivity index (χ1v) is 7.96. The lowest BCUT2D eigenvalue weighted by Crippen LogP contribution is -2.52. The molecule has 0 N–H and O–H groups in total. The second kappa shape index (κ2) is 5.89. The van der Waals surface area contributed by atoms with Crippen LogP contribution in [0.5, 0.6) is 0 Å². The van der Waals surface area contributed by atoms with Crippen LogP contribution in [0.15, 0.2) is 0 Å². The van der Waals surface area contributed by atoms with Crippen molar-refractivity contribution >= 4 is 0 Å². The summed E-state index contributed by atoms with van der Waals surface area (Å²) < 4.78 is 0. The highest BCUT2D eigenvalue weighted by Gasteiger charge is 2.27. The molecule has 104 valence electrons. The second-order valence-electron chi connectivity index (χ2n) is 6.64. The van der Waals surface area contributed by atoms with Gasteiger partial charge in [0, 0.05) is 32.2 Å². The van der Waals surface area contributed by atoms with Gasteiger partial charge in [0.2, 0.25) is 0 Å². The summed E-state index contributed by atoms with van der Waals surface area (Å²) in [5, 5.41) is 0. The zero-order valence-corrected chi connectivity index (χ0v) is 12.0. The van der Waals surface area contributed by atoms with Crippen molar-refractivity contribution in [2.75, 3.05) is 52.9 Å². The normalized spacial score (nSPS) is 29.8. The summed E-state index contributed by atoms with van der Waals surface area (Å²) in [6, 6.07) is 0.885. The molecule has 1 saturated carbocycles. The van der Waals surface area contributed by atoms with Gasteiger partial charge in [0.05, 0.1) is 0 Å². The zero-order valence-electron chi connectivity index (χ0n) is 12.0. The molecule has 3 fully saturated rings. The van der Waals surface area contributed by atoms with Gasteiger partial charge in [-0.3, -0.25) is 4.90 Å². The Labute approximate surface area is 112 Å². The van der Waals surface area contributed by atoms with E-state index >= 15 is 0 Å². The Hall–Kier alpha value is -0.120. The minimum Gasteiger partial charge on any atom is -0.304 e.